The topological polar surface area (TPSA) is 68.0 Å². The van der Waals surface area contributed by atoms with Gasteiger partial charge in [0.05, 0.1) is 17.1 Å². The number of carbonyl (C=O) groups is 1. The second-order valence-corrected chi connectivity index (χ2v) is 6.81. The van der Waals surface area contributed by atoms with Crippen LogP contribution < -0.4 is 11.1 Å². The molecule has 1 fully saturated rings. The van der Waals surface area contributed by atoms with Crippen molar-refractivity contribution in [2.45, 2.75) is 25.3 Å². The van der Waals surface area contributed by atoms with Gasteiger partial charge < -0.3 is 11.1 Å². The van der Waals surface area contributed by atoms with Gasteiger partial charge in [0.2, 0.25) is 5.91 Å². The summed E-state index contributed by atoms with van der Waals surface area (Å²) in [5.74, 6) is 0.543. The molecule has 0 aliphatic heterocycles. The molecule has 1 aliphatic carbocycles. The molecule has 0 spiro atoms. The highest BCUT2D eigenvalue weighted by Crippen LogP contribution is 2.32. The molecule has 4 nitrogen and oxygen atoms in total. The molecule has 0 saturated heterocycles. The molecular weight excluding hydrogens is 389 g/mol. The van der Waals surface area contributed by atoms with Crippen molar-refractivity contribution >= 4 is 53.7 Å². The van der Waals surface area contributed by atoms with Crippen LogP contribution in [-0.2, 0) is 11.2 Å². The Kier molecular flexibility index (Phi) is 8.46. The van der Waals surface area contributed by atoms with Gasteiger partial charge >= 0.3 is 0 Å². The summed E-state index contributed by atoms with van der Waals surface area (Å²) >= 11 is 7.68. The third-order valence-electron chi connectivity index (χ3n) is 3.79. The molecule has 24 heavy (non-hydrogen) atoms. The Hall–Kier alpha value is -0.850. The summed E-state index contributed by atoms with van der Waals surface area (Å²) in [5.41, 5.74) is 7.38. The number of carbonyl (C=O) groups excluding carboxylic acids is 1. The number of nitrogens with zero attached hydrogens (tertiary/aromatic N) is 1. The minimum Gasteiger partial charge on any atom is -0.351 e. The quantitative estimate of drug-likeness (QED) is 0.765. The standard InChI is InChI=1S/C16H18ClN3OS.2ClH/c17-13-4-2-1-3-12(13)16-19-11(9-22-16)7-15(21)20-14(8-18)10-5-6-10;;/h1-4,9-10,14H,5-8,18H2,(H,20,21);2*1H. The molecule has 0 radical (unpaired) electrons. The van der Waals surface area contributed by atoms with E-state index in [9.17, 15) is 4.79 Å². The van der Waals surface area contributed by atoms with Gasteiger partial charge in [-0.3, -0.25) is 4.79 Å². The second-order valence-electron chi connectivity index (χ2n) is 5.55. The first kappa shape index (κ1) is 21.2. The normalized spacial score (nSPS) is 14.2. The fraction of sp³-hybridized carbons (Fsp3) is 0.375. The number of hydrogen-bond acceptors (Lipinski definition) is 4. The smallest absolute Gasteiger partial charge is 0.226 e. The van der Waals surface area contributed by atoms with Crippen LogP contribution in [0.5, 0.6) is 0 Å². The van der Waals surface area contributed by atoms with Gasteiger partial charge in [0.1, 0.15) is 5.01 Å². The van der Waals surface area contributed by atoms with E-state index < -0.39 is 0 Å². The van der Waals surface area contributed by atoms with E-state index in [1.165, 1.54) is 11.3 Å². The van der Waals surface area contributed by atoms with Gasteiger partial charge in [-0.2, -0.15) is 0 Å². The van der Waals surface area contributed by atoms with Gasteiger partial charge in [0.25, 0.3) is 0 Å². The molecule has 3 N–H and O–H groups in total. The molecule has 0 bridgehead atoms. The first-order valence-electron chi connectivity index (χ1n) is 7.36. The fourth-order valence-corrected chi connectivity index (χ4v) is 3.58. The molecular formula is C16H20Cl3N3OS. The first-order valence-corrected chi connectivity index (χ1v) is 8.62. The summed E-state index contributed by atoms with van der Waals surface area (Å²) in [6.45, 7) is 0.498. The minimum atomic E-state index is -0.0154. The average molecular weight is 409 g/mol. The molecule has 1 unspecified atom stereocenters. The number of hydrogen-bond donors (Lipinski definition) is 2. The maximum absolute atomic E-state index is 12.1. The molecule has 3 rings (SSSR count). The number of aromatic nitrogens is 1. The van der Waals surface area contributed by atoms with E-state index >= 15 is 0 Å². The van der Waals surface area contributed by atoms with E-state index in [4.69, 9.17) is 17.3 Å². The Balaban J connectivity index is 0.00000144. The van der Waals surface area contributed by atoms with Crippen LogP contribution in [-0.4, -0.2) is 23.5 Å². The van der Waals surface area contributed by atoms with Gasteiger partial charge in [-0.05, 0) is 24.8 Å². The zero-order chi connectivity index (χ0) is 15.5. The van der Waals surface area contributed by atoms with Crippen LogP contribution in [0.2, 0.25) is 5.02 Å². The van der Waals surface area contributed by atoms with Crippen molar-refractivity contribution in [3.8, 4) is 10.6 Å². The molecule has 132 valence electrons. The molecule has 1 atom stereocenters. The summed E-state index contributed by atoms with van der Waals surface area (Å²) < 4.78 is 0. The van der Waals surface area contributed by atoms with Crippen LogP contribution in [0.15, 0.2) is 29.6 Å². The van der Waals surface area contributed by atoms with Crippen LogP contribution in [0.1, 0.15) is 18.5 Å². The van der Waals surface area contributed by atoms with E-state index in [2.05, 4.69) is 10.3 Å². The summed E-state index contributed by atoms with van der Waals surface area (Å²) in [6, 6.07) is 7.69. The number of nitrogens with two attached hydrogens (primary N) is 1. The first-order chi connectivity index (χ1) is 10.7. The lowest BCUT2D eigenvalue weighted by Gasteiger charge is -2.15. The Labute approximate surface area is 163 Å². The van der Waals surface area contributed by atoms with E-state index in [1.54, 1.807) is 0 Å². The zero-order valence-corrected chi connectivity index (χ0v) is 16.1. The molecule has 2 aromatic rings. The van der Waals surface area contributed by atoms with Crippen molar-refractivity contribution in [2.75, 3.05) is 6.54 Å². The third-order valence-corrected chi connectivity index (χ3v) is 5.04. The summed E-state index contributed by atoms with van der Waals surface area (Å²) in [6.07, 6.45) is 2.61. The lowest BCUT2D eigenvalue weighted by molar-refractivity contribution is -0.121. The Morgan fingerprint density at radius 2 is 2.08 bits per heavy atom. The van der Waals surface area contributed by atoms with Crippen LogP contribution >= 0.6 is 47.8 Å². The Bertz CT molecular complexity index is 676. The number of amides is 1. The number of nitrogens with one attached hydrogen (secondary N) is 1. The van der Waals surface area contributed by atoms with Crippen molar-refractivity contribution < 1.29 is 4.79 Å². The number of thiazole rings is 1. The van der Waals surface area contributed by atoms with Gasteiger partial charge in [0.15, 0.2) is 0 Å². The molecule has 1 saturated carbocycles. The maximum atomic E-state index is 12.1. The second kappa shape index (κ2) is 9.59. The van der Waals surface area contributed by atoms with E-state index in [0.717, 1.165) is 29.1 Å². The molecule has 1 aromatic carbocycles. The van der Waals surface area contributed by atoms with Gasteiger partial charge in [-0.15, -0.1) is 36.2 Å². The Morgan fingerprint density at radius 1 is 1.38 bits per heavy atom. The van der Waals surface area contributed by atoms with Crippen molar-refractivity contribution in [1.29, 1.82) is 0 Å². The van der Waals surface area contributed by atoms with Crippen molar-refractivity contribution in [3.05, 3.63) is 40.4 Å². The van der Waals surface area contributed by atoms with E-state index in [0.29, 0.717) is 17.5 Å². The lowest BCUT2D eigenvalue weighted by Crippen LogP contribution is -2.42. The summed E-state index contributed by atoms with van der Waals surface area (Å²) in [4.78, 5) is 16.6. The Morgan fingerprint density at radius 3 is 2.71 bits per heavy atom. The number of rotatable bonds is 6. The molecule has 1 heterocycles. The summed E-state index contributed by atoms with van der Waals surface area (Å²) in [5, 5.41) is 6.43. The highest BCUT2D eigenvalue weighted by Gasteiger charge is 2.31. The van der Waals surface area contributed by atoms with Crippen LogP contribution in [0.4, 0.5) is 0 Å². The van der Waals surface area contributed by atoms with Crippen molar-refractivity contribution in [3.63, 3.8) is 0 Å². The molecule has 1 amide bonds. The number of halogens is 3. The predicted octanol–water partition coefficient (Wildman–Crippen LogP) is 3.70. The predicted molar refractivity (Wildman–Crippen MR) is 104 cm³/mol. The average Bonchev–Trinajstić information content (AvgIpc) is 3.25. The van der Waals surface area contributed by atoms with Crippen LogP contribution in [0.3, 0.4) is 0 Å². The van der Waals surface area contributed by atoms with Crippen molar-refractivity contribution in [1.82, 2.24) is 10.3 Å². The molecule has 8 heteroatoms. The summed E-state index contributed by atoms with van der Waals surface area (Å²) in [7, 11) is 0. The zero-order valence-electron chi connectivity index (χ0n) is 12.9. The van der Waals surface area contributed by atoms with E-state index in [1.807, 2.05) is 29.6 Å². The highest BCUT2D eigenvalue weighted by molar-refractivity contribution is 7.13. The van der Waals surface area contributed by atoms with Crippen molar-refractivity contribution in [2.24, 2.45) is 11.7 Å². The third kappa shape index (κ3) is 5.33. The van der Waals surface area contributed by atoms with Gasteiger partial charge in [0, 0.05) is 23.5 Å². The monoisotopic (exact) mass is 407 g/mol. The van der Waals surface area contributed by atoms with E-state index in [-0.39, 0.29) is 43.2 Å². The maximum Gasteiger partial charge on any atom is 0.226 e. The van der Waals surface area contributed by atoms with Crippen LogP contribution in [0.25, 0.3) is 10.6 Å². The van der Waals surface area contributed by atoms with Gasteiger partial charge in [-0.25, -0.2) is 4.98 Å². The molecule has 1 aromatic heterocycles. The minimum absolute atomic E-state index is 0. The SMILES string of the molecule is Cl.Cl.NCC(NC(=O)Cc1csc(-c2ccccc2Cl)n1)C1CC1. The highest BCUT2D eigenvalue weighted by atomic mass is 35.5. The fourth-order valence-electron chi connectivity index (χ4n) is 2.44. The van der Waals surface area contributed by atoms with Crippen LogP contribution in [0, 0.1) is 5.92 Å². The number of benzene rings is 1. The molecule has 1 aliphatic rings. The largest absolute Gasteiger partial charge is 0.351 e. The lowest BCUT2D eigenvalue weighted by atomic mass is 10.2. The van der Waals surface area contributed by atoms with Gasteiger partial charge in [-0.1, -0.05) is 29.8 Å².